The lowest BCUT2D eigenvalue weighted by Crippen LogP contribution is -2.55. The van der Waals surface area contributed by atoms with Crippen molar-refractivity contribution in [2.75, 3.05) is 33.5 Å². The van der Waals surface area contributed by atoms with E-state index in [0.717, 1.165) is 0 Å². The van der Waals surface area contributed by atoms with Crippen molar-refractivity contribution >= 4 is 8.80 Å². The molecule has 0 aromatic rings. The number of hydrogen-bond donors (Lipinski definition) is 0. The van der Waals surface area contributed by atoms with Gasteiger partial charge < -0.3 is 23.1 Å². The van der Waals surface area contributed by atoms with Gasteiger partial charge in [-0.3, -0.25) is 4.43 Å². The Kier molecular flexibility index (Phi) is 9.94. The molecule has 0 aliphatic rings. The van der Waals surface area contributed by atoms with Crippen LogP contribution in [0.5, 0.6) is 0 Å². The van der Waals surface area contributed by atoms with E-state index >= 15 is 0 Å². The second-order valence-corrected chi connectivity index (χ2v) is 6.03. The summed E-state index contributed by atoms with van der Waals surface area (Å²) in [5.41, 5.74) is 1.49. The molecule has 0 saturated carbocycles. The SMILES string of the molecule is C=CCO[Si](C=C)(OC)OC(OCC)(OCC)OCC. The fourth-order valence-electron chi connectivity index (χ4n) is 1.41. The highest BCUT2D eigenvalue weighted by atomic mass is 28.4. The van der Waals surface area contributed by atoms with Gasteiger partial charge in [0.05, 0.1) is 26.4 Å². The Morgan fingerprint density at radius 2 is 1.50 bits per heavy atom. The van der Waals surface area contributed by atoms with Gasteiger partial charge in [-0.05, 0) is 26.5 Å². The van der Waals surface area contributed by atoms with Crippen molar-refractivity contribution in [1.82, 2.24) is 0 Å². The van der Waals surface area contributed by atoms with Crippen LogP contribution in [-0.2, 0) is 27.5 Å². The van der Waals surface area contributed by atoms with Crippen LogP contribution < -0.4 is 0 Å². The average molecular weight is 306 g/mol. The first-order valence-corrected chi connectivity index (χ1v) is 8.43. The molecule has 0 aliphatic heterocycles. The van der Waals surface area contributed by atoms with Gasteiger partial charge in [-0.2, -0.15) is 0 Å². The molecule has 0 aromatic carbocycles. The molecule has 1 atom stereocenters. The van der Waals surface area contributed by atoms with Crippen molar-refractivity contribution in [3.8, 4) is 0 Å². The zero-order valence-corrected chi connectivity index (χ0v) is 13.8. The van der Waals surface area contributed by atoms with Gasteiger partial charge in [-0.25, -0.2) is 0 Å². The lowest BCUT2D eigenvalue weighted by Gasteiger charge is -2.36. The van der Waals surface area contributed by atoms with E-state index in [0.29, 0.717) is 19.8 Å². The summed E-state index contributed by atoms with van der Waals surface area (Å²) in [4.78, 5) is 0. The van der Waals surface area contributed by atoms with Crippen LogP contribution in [0.3, 0.4) is 0 Å². The third-order valence-electron chi connectivity index (χ3n) is 2.17. The molecule has 0 spiro atoms. The van der Waals surface area contributed by atoms with E-state index in [1.807, 2.05) is 20.8 Å². The Morgan fingerprint density at radius 1 is 1.00 bits per heavy atom. The maximum absolute atomic E-state index is 5.81. The van der Waals surface area contributed by atoms with Crippen LogP contribution in [0, 0.1) is 0 Å². The van der Waals surface area contributed by atoms with Crippen molar-refractivity contribution in [2.45, 2.75) is 26.9 Å². The molecule has 0 amide bonds. The van der Waals surface area contributed by atoms with E-state index in [9.17, 15) is 0 Å². The summed E-state index contributed by atoms with van der Waals surface area (Å²) in [6.07, 6.45) is -0.0623. The zero-order chi connectivity index (χ0) is 15.5. The maximum Gasteiger partial charge on any atom is 0.534 e. The van der Waals surface area contributed by atoms with Crippen molar-refractivity contribution < 1.29 is 27.5 Å². The molecule has 0 radical (unpaired) electrons. The van der Waals surface area contributed by atoms with Crippen LogP contribution in [0.1, 0.15) is 20.8 Å². The lowest BCUT2D eigenvalue weighted by molar-refractivity contribution is -0.477. The summed E-state index contributed by atoms with van der Waals surface area (Å²) in [5, 5.41) is 0. The average Bonchev–Trinajstić information content (AvgIpc) is 2.44. The van der Waals surface area contributed by atoms with E-state index in [1.165, 1.54) is 12.8 Å². The minimum absolute atomic E-state index is 0.256. The zero-order valence-electron chi connectivity index (χ0n) is 12.8. The second kappa shape index (κ2) is 10.2. The quantitative estimate of drug-likeness (QED) is 0.295. The molecule has 0 aromatic heterocycles. The fraction of sp³-hybridized carbons (Fsp3) is 0.692. The molecule has 1 unspecified atom stereocenters. The molecule has 0 rings (SSSR count). The third kappa shape index (κ3) is 5.84. The monoisotopic (exact) mass is 306 g/mol. The van der Waals surface area contributed by atoms with Gasteiger partial charge in [0.15, 0.2) is 0 Å². The molecule has 7 heteroatoms. The topological polar surface area (TPSA) is 55.4 Å². The van der Waals surface area contributed by atoms with Gasteiger partial charge in [0.2, 0.25) is 0 Å². The van der Waals surface area contributed by atoms with Gasteiger partial charge in [0.1, 0.15) is 0 Å². The Balaban J connectivity index is 5.20. The Hall–Kier alpha value is -0.543. The predicted molar refractivity (Wildman–Crippen MR) is 77.8 cm³/mol. The van der Waals surface area contributed by atoms with Gasteiger partial charge in [-0.15, -0.1) is 6.58 Å². The standard InChI is InChI=1S/C13H26O6Si/c1-7-12-18-20(11-5,14-6)19-13(15-8-2,16-9-3)17-10-4/h7,11H,1,5,8-10,12H2,2-4,6H3. The maximum atomic E-state index is 5.81. The van der Waals surface area contributed by atoms with Crippen LogP contribution >= 0.6 is 0 Å². The highest BCUT2D eigenvalue weighted by Crippen LogP contribution is 2.25. The first-order valence-electron chi connectivity index (χ1n) is 6.63. The van der Waals surface area contributed by atoms with Crippen molar-refractivity contribution in [3.05, 3.63) is 24.9 Å². The van der Waals surface area contributed by atoms with Crippen LogP contribution in [0.25, 0.3) is 0 Å². The summed E-state index contributed by atoms with van der Waals surface area (Å²) < 4.78 is 33.2. The van der Waals surface area contributed by atoms with Gasteiger partial charge in [0, 0.05) is 7.11 Å². The van der Waals surface area contributed by atoms with E-state index in [4.69, 9.17) is 27.5 Å². The Labute approximate surface area is 122 Å². The van der Waals surface area contributed by atoms with Crippen molar-refractivity contribution in [3.63, 3.8) is 0 Å². The number of hydrogen-bond acceptors (Lipinski definition) is 6. The second-order valence-electron chi connectivity index (χ2n) is 3.51. The van der Waals surface area contributed by atoms with Crippen LogP contribution in [0.2, 0.25) is 0 Å². The molecule has 0 saturated heterocycles. The van der Waals surface area contributed by atoms with Gasteiger partial charge in [-0.1, -0.05) is 12.7 Å². The Morgan fingerprint density at radius 3 is 1.80 bits per heavy atom. The predicted octanol–water partition coefficient (Wildman–Crippen LogP) is 2.24. The number of rotatable bonds is 13. The van der Waals surface area contributed by atoms with Gasteiger partial charge in [0.25, 0.3) is 0 Å². The Bertz CT molecular complexity index is 269. The lowest BCUT2D eigenvalue weighted by atomic mass is 10.7. The van der Waals surface area contributed by atoms with E-state index in [2.05, 4.69) is 13.2 Å². The molecule has 0 bridgehead atoms. The summed E-state index contributed by atoms with van der Waals surface area (Å²) in [7, 11) is -1.72. The molecule has 0 N–H and O–H groups in total. The third-order valence-corrected chi connectivity index (χ3v) is 4.34. The van der Waals surface area contributed by atoms with Crippen molar-refractivity contribution in [2.24, 2.45) is 0 Å². The first-order chi connectivity index (χ1) is 9.57. The van der Waals surface area contributed by atoms with E-state index < -0.39 is 15.0 Å². The first kappa shape index (κ1) is 19.5. The fourth-order valence-corrected chi connectivity index (χ4v) is 2.91. The number of ether oxygens (including phenoxy) is 3. The smallest absolute Gasteiger partial charge is 0.374 e. The van der Waals surface area contributed by atoms with Crippen LogP contribution in [-0.4, -0.2) is 48.5 Å². The summed E-state index contributed by atoms with van der Waals surface area (Å²) >= 11 is 0. The van der Waals surface area contributed by atoms with E-state index in [1.54, 1.807) is 6.08 Å². The molecule has 0 heterocycles. The molecule has 118 valence electrons. The minimum atomic E-state index is -3.19. The molecular formula is C13H26O6Si. The minimum Gasteiger partial charge on any atom is -0.374 e. The molecule has 0 fully saturated rings. The van der Waals surface area contributed by atoms with E-state index in [-0.39, 0.29) is 6.61 Å². The van der Waals surface area contributed by atoms with Gasteiger partial charge >= 0.3 is 15.0 Å². The largest absolute Gasteiger partial charge is 0.534 e. The summed E-state index contributed by atoms with van der Waals surface area (Å²) in [5.74, 6) is 0. The highest BCUT2D eigenvalue weighted by Gasteiger charge is 2.49. The summed E-state index contributed by atoms with van der Waals surface area (Å²) in [6.45, 7) is 14.0. The molecule has 6 nitrogen and oxygen atoms in total. The molecular weight excluding hydrogens is 280 g/mol. The normalized spacial score (nSPS) is 14.8. The summed E-state index contributed by atoms with van der Waals surface area (Å²) in [6, 6.07) is 0. The van der Waals surface area contributed by atoms with Crippen molar-refractivity contribution in [1.29, 1.82) is 0 Å². The van der Waals surface area contributed by atoms with Crippen LogP contribution in [0.15, 0.2) is 24.9 Å². The highest BCUT2D eigenvalue weighted by molar-refractivity contribution is 6.66. The molecule has 20 heavy (non-hydrogen) atoms. The molecule has 0 aliphatic carbocycles. The van der Waals surface area contributed by atoms with Crippen LogP contribution in [0.4, 0.5) is 0 Å².